The molecule has 1 unspecified atom stereocenters. The maximum absolute atomic E-state index is 10.7. The van der Waals surface area contributed by atoms with Crippen LogP contribution < -0.4 is 0 Å². The summed E-state index contributed by atoms with van der Waals surface area (Å²) < 4.78 is 1.83. The van der Waals surface area contributed by atoms with Gasteiger partial charge in [-0.3, -0.25) is 4.68 Å². The van der Waals surface area contributed by atoms with Crippen molar-refractivity contribution in [2.75, 3.05) is 0 Å². The lowest BCUT2D eigenvalue weighted by Crippen LogP contribution is -2.35. The van der Waals surface area contributed by atoms with Gasteiger partial charge in [0.25, 0.3) is 0 Å². The van der Waals surface area contributed by atoms with Crippen molar-refractivity contribution in [3.63, 3.8) is 0 Å². The predicted molar refractivity (Wildman–Crippen MR) is 64.5 cm³/mol. The molecular formula is C12H19ClN2O. The lowest BCUT2D eigenvalue weighted by Gasteiger charge is -2.32. The summed E-state index contributed by atoms with van der Waals surface area (Å²) in [4.78, 5) is 0. The summed E-state index contributed by atoms with van der Waals surface area (Å²) in [6.45, 7) is 8.03. The van der Waals surface area contributed by atoms with Crippen molar-refractivity contribution in [3.05, 3.63) is 16.9 Å². The summed E-state index contributed by atoms with van der Waals surface area (Å²) >= 11 is 6.16. The van der Waals surface area contributed by atoms with Gasteiger partial charge in [-0.1, -0.05) is 18.5 Å². The molecule has 0 bridgehead atoms. The van der Waals surface area contributed by atoms with Crippen molar-refractivity contribution in [1.82, 2.24) is 9.78 Å². The summed E-state index contributed by atoms with van der Waals surface area (Å²) in [6, 6.07) is 0.205. The summed E-state index contributed by atoms with van der Waals surface area (Å²) in [5, 5.41) is 15.5. The van der Waals surface area contributed by atoms with Gasteiger partial charge in [0.05, 0.1) is 16.9 Å². The van der Waals surface area contributed by atoms with Gasteiger partial charge in [-0.2, -0.15) is 5.10 Å². The van der Waals surface area contributed by atoms with Gasteiger partial charge in [0.1, 0.15) is 5.60 Å². The van der Waals surface area contributed by atoms with Crippen molar-refractivity contribution in [2.45, 2.75) is 52.2 Å². The molecule has 1 aliphatic carbocycles. The average molecular weight is 243 g/mol. The van der Waals surface area contributed by atoms with Crippen LogP contribution in [0.15, 0.2) is 6.20 Å². The first kappa shape index (κ1) is 11.9. The van der Waals surface area contributed by atoms with Crippen molar-refractivity contribution in [3.8, 4) is 0 Å². The minimum atomic E-state index is -0.898. The lowest BCUT2D eigenvalue weighted by atomic mass is 9.84. The molecule has 0 aliphatic heterocycles. The molecule has 1 aromatic rings. The highest BCUT2D eigenvalue weighted by Crippen LogP contribution is 2.58. The Morgan fingerprint density at radius 2 is 2.12 bits per heavy atom. The van der Waals surface area contributed by atoms with E-state index in [0.717, 1.165) is 18.5 Å². The first-order chi connectivity index (χ1) is 7.29. The van der Waals surface area contributed by atoms with E-state index >= 15 is 0 Å². The van der Waals surface area contributed by atoms with Crippen LogP contribution in [-0.2, 0) is 5.60 Å². The van der Waals surface area contributed by atoms with Crippen molar-refractivity contribution in [1.29, 1.82) is 0 Å². The van der Waals surface area contributed by atoms with E-state index < -0.39 is 5.60 Å². The second-order valence-electron chi connectivity index (χ2n) is 5.51. The van der Waals surface area contributed by atoms with E-state index in [1.54, 1.807) is 6.20 Å². The second kappa shape index (κ2) is 3.47. The number of hydrogen-bond acceptors (Lipinski definition) is 2. The fraction of sp³-hybridized carbons (Fsp3) is 0.750. The van der Waals surface area contributed by atoms with Crippen LogP contribution in [0.2, 0.25) is 5.02 Å². The van der Waals surface area contributed by atoms with E-state index in [2.05, 4.69) is 12.0 Å². The van der Waals surface area contributed by atoms with Gasteiger partial charge in [-0.25, -0.2) is 0 Å². The highest BCUT2D eigenvalue weighted by atomic mass is 35.5. The van der Waals surface area contributed by atoms with Crippen molar-refractivity contribution >= 4 is 11.6 Å². The normalized spacial score (nSPS) is 22.2. The minimum absolute atomic E-state index is 0.0523. The Kier molecular flexibility index (Phi) is 2.59. The summed E-state index contributed by atoms with van der Waals surface area (Å²) in [5.41, 5.74) is -0.196. The number of aromatic nitrogens is 2. The van der Waals surface area contributed by atoms with E-state index in [-0.39, 0.29) is 11.5 Å². The Labute approximate surface area is 101 Å². The Morgan fingerprint density at radius 1 is 1.56 bits per heavy atom. The number of rotatable bonds is 3. The van der Waals surface area contributed by atoms with E-state index in [0.29, 0.717) is 5.02 Å². The van der Waals surface area contributed by atoms with Crippen LogP contribution in [0.5, 0.6) is 0 Å². The predicted octanol–water partition coefficient (Wildman–Crippen LogP) is 3.13. The fourth-order valence-electron chi connectivity index (χ4n) is 2.15. The molecule has 1 atom stereocenters. The first-order valence-electron chi connectivity index (χ1n) is 5.75. The molecule has 1 N–H and O–H groups in total. The maximum Gasteiger partial charge on any atom is 0.110 e. The third-order valence-corrected chi connectivity index (χ3v) is 4.15. The smallest absolute Gasteiger partial charge is 0.110 e. The van der Waals surface area contributed by atoms with Crippen LogP contribution in [0.3, 0.4) is 0 Å². The molecule has 0 spiro atoms. The summed E-state index contributed by atoms with van der Waals surface area (Å²) in [7, 11) is 0. The van der Waals surface area contributed by atoms with E-state index in [9.17, 15) is 5.11 Å². The molecule has 1 aliphatic rings. The standard InChI is InChI=1S/C12H19ClN2O/c1-8(2)15-10(9(13)7-14-15)12(4,16)11(3)5-6-11/h7-8,16H,5-6H2,1-4H3. The van der Waals surface area contributed by atoms with Gasteiger partial charge in [0.15, 0.2) is 0 Å². The zero-order valence-electron chi connectivity index (χ0n) is 10.3. The largest absolute Gasteiger partial charge is 0.383 e. The maximum atomic E-state index is 10.7. The lowest BCUT2D eigenvalue weighted by molar-refractivity contribution is -0.0214. The molecule has 2 rings (SSSR count). The molecule has 1 aromatic heterocycles. The molecule has 0 aromatic carbocycles. The first-order valence-corrected chi connectivity index (χ1v) is 6.13. The Balaban J connectivity index is 2.50. The monoisotopic (exact) mass is 242 g/mol. The van der Waals surface area contributed by atoms with Crippen LogP contribution in [0.25, 0.3) is 0 Å². The van der Waals surface area contributed by atoms with Crippen molar-refractivity contribution < 1.29 is 5.11 Å². The average Bonchev–Trinajstić information content (AvgIpc) is 2.78. The van der Waals surface area contributed by atoms with Gasteiger partial charge in [0.2, 0.25) is 0 Å². The number of nitrogens with zero attached hydrogens (tertiary/aromatic N) is 2. The van der Waals surface area contributed by atoms with Crippen LogP contribution in [-0.4, -0.2) is 14.9 Å². The van der Waals surface area contributed by atoms with Gasteiger partial charge in [-0.05, 0) is 33.6 Å². The third kappa shape index (κ3) is 1.57. The Morgan fingerprint density at radius 3 is 2.56 bits per heavy atom. The van der Waals surface area contributed by atoms with Gasteiger partial charge in [-0.15, -0.1) is 0 Å². The van der Waals surface area contributed by atoms with E-state index in [4.69, 9.17) is 11.6 Å². The van der Waals surface area contributed by atoms with E-state index in [1.165, 1.54) is 0 Å². The Hall–Kier alpha value is -0.540. The molecule has 1 heterocycles. The highest BCUT2D eigenvalue weighted by molar-refractivity contribution is 6.31. The van der Waals surface area contributed by atoms with E-state index in [1.807, 2.05) is 25.5 Å². The number of aliphatic hydroxyl groups is 1. The molecule has 1 fully saturated rings. The van der Waals surface area contributed by atoms with Crippen LogP contribution >= 0.6 is 11.6 Å². The topological polar surface area (TPSA) is 38.0 Å². The van der Waals surface area contributed by atoms with Crippen LogP contribution in [0.1, 0.15) is 52.3 Å². The zero-order valence-corrected chi connectivity index (χ0v) is 11.0. The molecule has 1 saturated carbocycles. The molecule has 90 valence electrons. The summed E-state index contributed by atoms with van der Waals surface area (Å²) in [6.07, 6.45) is 3.70. The highest BCUT2D eigenvalue weighted by Gasteiger charge is 2.55. The van der Waals surface area contributed by atoms with Crippen LogP contribution in [0.4, 0.5) is 0 Å². The molecule has 16 heavy (non-hydrogen) atoms. The molecular weight excluding hydrogens is 224 g/mol. The zero-order chi connectivity index (χ0) is 12.1. The molecule has 0 amide bonds. The number of hydrogen-bond donors (Lipinski definition) is 1. The van der Waals surface area contributed by atoms with Gasteiger partial charge < -0.3 is 5.11 Å². The summed E-state index contributed by atoms with van der Waals surface area (Å²) in [5.74, 6) is 0. The van der Waals surface area contributed by atoms with Crippen molar-refractivity contribution in [2.24, 2.45) is 5.41 Å². The van der Waals surface area contributed by atoms with Gasteiger partial charge in [0, 0.05) is 11.5 Å². The molecule has 0 radical (unpaired) electrons. The fourth-order valence-corrected chi connectivity index (χ4v) is 2.46. The quantitative estimate of drug-likeness (QED) is 0.885. The van der Waals surface area contributed by atoms with Crippen LogP contribution in [0, 0.1) is 5.41 Å². The second-order valence-corrected chi connectivity index (χ2v) is 5.92. The van der Waals surface area contributed by atoms with Gasteiger partial charge >= 0.3 is 0 Å². The minimum Gasteiger partial charge on any atom is -0.383 e. The third-order valence-electron chi connectivity index (χ3n) is 3.88. The SMILES string of the molecule is CC(C)n1ncc(Cl)c1C(C)(O)C1(C)CC1. The Bertz CT molecular complexity index is 405. The number of halogens is 1. The molecule has 3 nitrogen and oxygen atoms in total. The molecule has 0 saturated heterocycles. The molecule has 4 heteroatoms.